The molecule has 0 saturated heterocycles. The molecule has 13 heteroatoms. The highest BCUT2D eigenvalue weighted by molar-refractivity contribution is 7.55. The number of hydrogen-bond donors (Lipinski definition) is 1. The fourth-order valence-electron chi connectivity index (χ4n) is 2.99. The Balaban J connectivity index is 2.53. The number of carbonyl (C=O) groups excluding carboxylic acids is 1. The molecule has 0 aliphatic rings. The molecular weight excluding hydrogens is 498 g/mol. The second-order valence-corrected chi connectivity index (χ2v) is 10.4. The van der Waals surface area contributed by atoms with Gasteiger partial charge in [-0.05, 0) is 38.1 Å². The lowest BCUT2D eigenvalue weighted by Gasteiger charge is -2.35. The minimum Gasteiger partial charge on any atom is -0.466 e. The van der Waals surface area contributed by atoms with Gasteiger partial charge in [0, 0.05) is 31.4 Å². The summed E-state index contributed by atoms with van der Waals surface area (Å²) in [7, 11) is -1.71. The number of ether oxygens (including phenoxy) is 2. The van der Waals surface area contributed by atoms with Crippen LogP contribution in [0.4, 0.5) is 11.4 Å². The van der Waals surface area contributed by atoms with Crippen LogP contribution >= 0.6 is 30.8 Å². The molecule has 0 spiro atoms. The van der Waals surface area contributed by atoms with E-state index in [0.29, 0.717) is 5.02 Å². The predicted molar refractivity (Wildman–Crippen MR) is 125 cm³/mol. The molecule has 0 aliphatic heterocycles. The van der Waals surface area contributed by atoms with E-state index in [0.717, 1.165) is 14.2 Å². The first kappa shape index (κ1) is 26.9. The zero-order chi connectivity index (χ0) is 24.8. The molecule has 1 atom stereocenters. The fraction of sp³-hybridized carbons (Fsp3) is 0.350. The summed E-state index contributed by atoms with van der Waals surface area (Å²) in [5.41, 5.74) is -0.456. The van der Waals surface area contributed by atoms with Crippen molar-refractivity contribution >= 4 is 48.1 Å². The Kier molecular flexibility index (Phi) is 9.11. The molecule has 0 amide bonds. The molecule has 0 aromatic heterocycles. The Labute approximate surface area is 200 Å². The zero-order valence-electron chi connectivity index (χ0n) is 18.3. The third-order valence-corrected chi connectivity index (χ3v) is 7.54. The number of benzene rings is 2. The number of rotatable bonds is 11. The van der Waals surface area contributed by atoms with E-state index in [4.69, 9.17) is 41.7 Å². The number of nitro groups is 1. The van der Waals surface area contributed by atoms with Gasteiger partial charge in [-0.2, -0.15) is 0 Å². The van der Waals surface area contributed by atoms with Crippen LogP contribution in [0.25, 0.3) is 0 Å². The maximum Gasteiger partial charge on any atom is 0.355 e. The van der Waals surface area contributed by atoms with Crippen molar-refractivity contribution in [2.45, 2.75) is 25.5 Å². The Morgan fingerprint density at radius 1 is 1.18 bits per heavy atom. The van der Waals surface area contributed by atoms with Gasteiger partial charge in [0.25, 0.3) is 5.69 Å². The Morgan fingerprint density at radius 3 is 2.39 bits per heavy atom. The third kappa shape index (κ3) is 6.37. The number of anilines is 1. The number of carbonyl (C=O) groups is 1. The van der Waals surface area contributed by atoms with Crippen LogP contribution in [-0.2, 0) is 23.1 Å². The molecule has 2 aromatic rings. The molecule has 180 valence electrons. The van der Waals surface area contributed by atoms with Crippen LogP contribution in [0.5, 0.6) is 11.5 Å². The van der Waals surface area contributed by atoms with Crippen molar-refractivity contribution in [1.82, 2.24) is 0 Å². The van der Waals surface area contributed by atoms with Crippen LogP contribution < -0.4 is 10.1 Å². The van der Waals surface area contributed by atoms with Crippen LogP contribution in [0.15, 0.2) is 36.4 Å². The van der Waals surface area contributed by atoms with Crippen LogP contribution in [0.2, 0.25) is 10.0 Å². The number of halogens is 2. The average molecular weight is 521 g/mol. The lowest BCUT2D eigenvalue weighted by atomic mass is 10.2. The van der Waals surface area contributed by atoms with Crippen molar-refractivity contribution in [1.29, 1.82) is 0 Å². The molecule has 2 aromatic carbocycles. The van der Waals surface area contributed by atoms with Gasteiger partial charge in [-0.1, -0.05) is 23.2 Å². The summed E-state index contributed by atoms with van der Waals surface area (Å²) < 4.78 is 34.2. The number of nitrogens with zero attached hydrogens (tertiary/aromatic N) is 1. The Hall–Kier alpha value is -2.36. The van der Waals surface area contributed by atoms with Crippen LogP contribution in [0, 0.1) is 10.1 Å². The minimum absolute atomic E-state index is 0.0878. The molecule has 0 fully saturated rings. The topological polar surface area (TPSA) is 126 Å². The summed E-state index contributed by atoms with van der Waals surface area (Å²) in [6.07, 6.45) is -0.467. The van der Waals surface area contributed by atoms with Gasteiger partial charge in [-0.15, -0.1) is 0 Å². The average Bonchev–Trinajstić information content (AvgIpc) is 2.75. The zero-order valence-corrected chi connectivity index (χ0v) is 20.7. The maximum atomic E-state index is 13.3. The van der Waals surface area contributed by atoms with Crippen LogP contribution in [0.3, 0.4) is 0 Å². The molecule has 2 rings (SSSR count). The Morgan fingerprint density at radius 2 is 1.85 bits per heavy atom. The van der Waals surface area contributed by atoms with Gasteiger partial charge >= 0.3 is 13.6 Å². The molecule has 0 bridgehead atoms. The maximum absolute atomic E-state index is 13.3. The van der Waals surface area contributed by atoms with Crippen LogP contribution in [-0.4, -0.2) is 37.0 Å². The quantitative estimate of drug-likeness (QED) is 0.158. The highest BCUT2D eigenvalue weighted by Gasteiger charge is 2.49. The molecule has 33 heavy (non-hydrogen) atoms. The molecular formula is C20H23Cl2N2O8P. The molecule has 10 nitrogen and oxygen atoms in total. The third-order valence-electron chi connectivity index (χ3n) is 4.57. The van der Waals surface area contributed by atoms with Gasteiger partial charge in [0.2, 0.25) is 0 Å². The summed E-state index contributed by atoms with van der Waals surface area (Å²) in [6.45, 7) is 3.08. The standard InChI is InChI=1S/C20H23Cl2N2O8P/c1-5-31-19(25)12-20(2,33(28,29-3)30-4)23-16-11-14(7-8-17(16)24(26)27)32-18-9-6-13(21)10-15(18)22/h6-11,23H,5,12H2,1-4H3. The lowest BCUT2D eigenvalue weighted by Crippen LogP contribution is -2.39. The SMILES string of the molecule is CCOC(=O)CC(C)(Nc1cc(Oc2ccc(Cl)cc2Cl)ccc1[N+](=O)[O-])P(=O)(OC)OC. The summed E-state index contributed by atoms with van der Waals surface area (Å²) >= 11 is 12.0. The monoisotopic (exact) mass is 520 g/mol. The second kappa shape index (κ2) is 11.2. The van der Waals surface area contributed by atoms with Gasteiger partial charge in [-0.3, -0.25) is 19.5 Å². The normalized spacial score (nSPS) is 13.2. The summed E-state index contributed by atoms with van der Waals surface area (Å²) in [6, 6.07) is 8.44. The number of esters is 1. The van der Waals surface area contributed by atoms with E-state index < -0.39 is 30.2 Å². The van der Waals surface area contributed by atoms with E-state index in [9.17, 15) is 19.5 Å². The number of hydrogen-bond acceptors (Lipinski definition) is 9. The van der Waals surface area contributed by atoms with E-state index in [-0.39, 0.29) is 34.5 Å². The van der Waals surface area contributed by atoms with Crippen molar-refractivity contribution in [3.63, 3.8) is 0 Å². The Bertz CT molecular complexity index is 1080. The minimum atomic E-state index is -4.00. The van der Waals surface area contributed by atoms with E-state index in [1.807, 2.05) is 0 Å². The van der Waals surface area contributed by atoms with E-state index in [1.54, 1.807) is 13.0 Å². The first-order valence-electron chi connectivity index (χ1n) is 9.55. The van der Waals surface area contributed by atoms with Crippen molar-refractivity contribution in [3.05, 3.63) is 56.6 Å². The molecule has 0 saturated carbocycles. The largest absolute Gasteiger partial charge is 0.466 e. The smallest absolute Gasteiger partial charge is 0.355 e. The molecule has 1 unspecified atom stereocenters. The van der Waals surface area contributed by atoms with Crippen molar-refractivity contribution < 1.29 is 32.8 Å². The predicted octanol–water partition coefficient (Wildman–Crippen LogP) is 6.26. The highest BCUT2D eigenvalue weighted by atomic mass is 35.5. The van der Waals surface area contributed by atoms with Gasteiger partial charge in [0.1, 0.15) is 22.5 Å². The summed E-state index contributed by atoms with van der Waals surface area (Å²) in [4.78, 5) is 23.2. The highest BCUT2D eigenvalue weighted by Crippen LogP contribution is 2.60. The van der Waals surface area contributed by atoms with Gasteiger partial charge in [0.05, 0.1) is 23.0 Å². The second-order valence-electron chi connectivity index (χ2n) is 6.86. The lowest BCUT2D eigenvalue weighted by molar-refractivity contribution is -0.384. The first-order valence-corrected chi connectivity index (χ1v) is 11.8. The number of nitro benzene ring substituents is 1. The molecule has 0 aliphatic carbocycles. The number of nitrogens with one attached hydrogen (secondary N) is 1. The van der Waals surface area contributed by atoms with Gasteiger partial charge in [-0.25, -0.2) is 0 Å². The first-order chi connectivity index (χ1) is 15.5. The summed E-state index contributed by atoms with van der Waals surface area (Å²) in [5, 5.41) is 13.4. The van der Waals surface area contributed by atoms with E-state index in [2.05, 4.69) is 5.32 Å². The molecule has 0 heterocycles. The van der Waals surface area contributed by atoms with Crippen molar-refractivity contribution in [2.75, 3.05) is 26.1 Å². The van der Waals surface area contributed by atoms with Crippen LogP contribution in [0.1, 0.15) is 20.3 Å². The van der Waals surface area contributed by atoms with Crippen molar-refractivity contribution in [3.8, 4) is 11.5 Å². The van der Waals surface area contributed by atoms with Gasteiger partial charge < -0.3 is 23.8 Å². The van der Waals surface area contributed by atoms with Crippen molar-refractivity contribution in [2.24, 2.45) is 0 Å². The van der Waals surface area contributed by atoms with Gasteiger partial charge in [0.15, 0.2) is 0 Å². The van der Waals surface area contributed by atoms with E-state index >= 15 is 0 Å². The molecule has 1 N–H and O–H groups in total. The fourth-order valence-corrected chi connectivity index (χ4v) is 4.98. The summed E-state index contributed by atoms with van der Waals surface area (Å²) in [5.74, 6) is -0.269. The molecule has 0 radical (unpaired) electrons. The van der Waals surface area contributed by atoms with E-state index in [1.165, 1.54) is 37.3 Å².